The predicted octanol–water partition coefficient (Wildman–Crippen LogP) is 3.26. The molecule has 1 aromatic heterocycles. The van der Waals surface area contributed by atoms with Crippen LogP contribution in [0.2, 0.25) is 5.02 Å². The molecule has 0 aliphatic heterocycles. The quantitative estimate of drug-likeness (QED) is 0.882. The maximum Gasteiger partial charge on any atom is 0.183 e. The molecular formula is C14H20ClN5. The molecule has 2 N–H and O–H groups in total. The number of hydrogen-bond donors (Lipinski definition) is 1. The van der Waals surface area contributed by atoms with E-state index in [0.29, 0.717) is 22.5 Å². The van der Waals surface area contributed by atoms with Crippen molar-refractivity contribution in [2.45, 2.75) is 34.2 Å². The molecule has 2 aromatic rings. The van der Waals surface area contributed by atoms with Crippen molar-refractivity contribution < 1.29 is 0 Å². The maximum atomic E-state index is 6.22. The Bertz CT molecular complexity index is 600. The molecule has 0 radical (unpaired) electrons. The average molecular weight is 294 g/mol. The fourth-order valence-corrected chi connectivity index (χ4v) is 1.97. The maximum absolute atomic E-state index is 6.22. The number of tetrazole rings is 1. The van der Waals surface area contributed by atoms with Crippen molar-refractivity contribution >= 4 is 17.3 Å². The Morgan fingerprint density at radius 1 is 1.35 bits per heavy atom. The second-order valence-corrected chi connectivity index (χ2v) is 6.60. The zero-order chi connectivity index (χ0) is 14.9. The Balaban J connectivity index is 2.36. The van der Waals surface area contributed by atoms with Gasteiger partial charge in [0.05, 0.1) is 5.02 Å². The molecule has 1 unspecified atom stereocenters. The van der Waals surface area contributed by atoms with E-state index >= 15 is 0 Å². The van der Waals surface area contributed by atoms with E-state index in [1.54, 1.807) is 22.9 Å². The van der Waals surface area contributed by atoms with Crippen LogP contribution in [0.5, 0.6) is 0 Å². The molecule has 1 atom stereocenters. The summed E-state index contributed by atoms with van der Waals surface area (Å²) in [5.74, 6) is 1.07. The fraction of sp³-hybridized carbons (Fsp3) is 0.500. The number of benzene rings is 1. The van der Waals surface area contributed by atoms with Gasteiger partial charge in [-0.05, 0) is 40.0 Å². The Morgan fingerprint density at radius 3 is 2.70 bits per heavy atom. The minimum absolute atomic E-state index is 0.183. The van der Waals surface area contributed by atoms with Crippen molar-refractivity contribution in [1.82, 2.24) is 20.2 Å². The van der Waals surface area contributed by atoms with Crippen LogP contribution >= 0.6 is 11.6 Å². The first-order valence-electron chi connectivity index (χ1n) is 6.60. The van der Waals surface area contributed by atoms with Gasteiger partial charge >= 0.3 is 0 Å². The summed E-state index contributed by atoms with van der Waals surface area (Å²) in [5.41, 5.74) is 7.40. The Morgan fingerprint density at radius 2 is 2.05 bits per heavy atom. The van der Waals surface area contributed by atoms with E-state index in [1.807, 2.05) is 0 Å². The zero-order valence-electron chi connectivity index (χ0n) is 12.3. The van der Waals surface area contributed by atoms with E-state index < -0.39 is 0 Å². The summed E-state index contributed by atoms with van der Waals surface area (Å²) in [6, 6.07) is 5.32. The van der Waals surface area contributed by atoms with Gasteiger partial charge in [0, 0.05) is 17.8 Å². The van der Waals surface area contributed by atoms with Crippen molar-refractivity contribution in [2.24, 2.45) is 11.3 Å². The molecule has 0 saturated carbocycles. The Hall–Kier alpha value is -1.62. The first-order chi connectivity index (χ1) is 9.29. The van der Waals surface area contributed by atoms with E-state index in [1.165, 1.54) is 0 Å². The van der Waals surface area contributed by atoms with Crippen LogP contribution in [0.3, 0.4) is 0 Å². The Labute approximate surface area is 124 Å². The highest BCUT2D eigenvalue weighted by Gasteiger charge is 2.23. The van der Waals surface area contributed by atoms with Crippen LogP contribution in [0.15, 0.2) is 18.2 Å². The van der Waals surface area contributed by atoms with Crippen LogP contribution in [0.25, 0.3) is 11.4 Å². The van der Waals surface area contributed by atoms with Gasteiger partial charge in [0.25, 0.3) is 0 Å². The standard InChI is InChI=1S/C14H20ClN5/c1-9(14(2,3)4)8-20-13(17-18-19-20)11-7-10(16)5-6-12(11)15/h5-7,9H,8,16H2,1-4H3. The monoisotopic (exact) mass is 293 g/mol. The highest BCUT2D eigenvalue weighted by Crippen LogP contribution is 2.30. The van der Waals surface area contributed by atoms with E-state index in [-0.39, 0.29) is 5.41 Å². The minimum atomic E-state index is 0.183. The molecule has 0 spiro atoms. The molecule has 1 heterocycles. The molecule has 0 bridgehead atoms. The molecule has 0 fully saturated rings. The molecule has 108 valence electrons. The van der Waals surface area contributed by atoms with Gasteiger partial charge < -0.3 is 5.73 Å². The van der Waals surface area contributed by atoms with Crippen molar-refractivity contribution in [3.05, 3.63) is 23.2 Å². The highest BCUT2D eigenvalue weighted by molar-refractivity contribution is 6.33. The summed E-state index contributed by atoms with van der Waals surface area (Å²) in [5, 5.41) is 12.5. The second-order valence-electron chi connectivity index (χ2n) is 6.19. The van der Waals surface area contributed by atoms with Gasteiger partial charge in [-0.2, -0.15) is 0 Å². The molecule has 5 nitrogen and oxygen atoms in total. The predicted molar refractivity (Wildman–Crippen MR) is 81.3 cm³/mol. The van der Waals surface area contributed by atoms with E-state index in [2.05, 4.69) is 43.2 Å². The fourth-order valence-electron chi connectivity index (χ4n) is 1.77. The summed E-state index contributed by atoms with van der Waals surface area (Å²) in [6.07, 6.45) is 0. The molecule has 6 heteroatoms. The number of nitrogens with two attached hydrogens (primary N) is 1. The molecule has 2 rings (SSSR count). The summed E-state index contributed by atoms with van der Waals surface area (Å²) < 4.78 is 1.79. The third-order valence-corrected chi connectivity index (χ3v) is 4.02. The van der Waals surface area contributed by atoms with Crippen LogP contribution in [0.4, 0.5) is 5.69 Å². The molecule has 0 amide bonds. The lowest BCUT2D eigenvalue weighted by atomic mass is 9.82. The van der Waals surface area contributed by atoms with Gasteiger partial charge in [-0.3, -0.25) is 0 Å². The SMILES string of the molecule is CC(Cn1nnnc1-c1cc(N)ccc1Cl)C(C)(C)C. The van der Waals surface area contributed by atoms with Gasteiger partial charge in [-0.1, -0.05) is 39.3 Å². The smallest absolute Gasteiger partial charge is 0.183 e. The molecule has 0 aliphatic rings. The molecular weight excluding hydrogens is 274 g/mol. The van der Waals surface area contributed by atoms with Crippen LogP contribution < -0.4 is 5.73 Å². The van der Waals surface area contributed by atoms with E-state index in [9.17, 15) is 0 Å². The number of hydrogen-bond acceptors (Lipinski definition) is 4. The van der Waals surface area contributed by atoms with Crippen molar-refractivity contribution in [3.8, 4) is 11.4 Å². The largest absolute Gasteiger partial charge is 0.399 e. The zero-order valence-corrected chi connectivity index (χ0v) is 13.0. The van der Waals surface area contributed by atoms with Crippen LogP contribution in [-0.4, -0.2) is 20.2 Å². The second kappa shape index (κ2) is 5.40. The van der Waals surface area contributed by atoms with Gasteiger partial charge in [0.2, 0.25) is 0 Å². The average Bonchev–Trinajstić information content (AvgIpc) is 2.79. The number of anilines is 1. The van der Waals surface area contributed by atoms with Crippen molar-refractivity contribution in [1.29, 1.82) is 0 Å². The number of aromatic nitrogens is 4. The number of nitrogen functional groups attached to an aromatic ring is 1. The molecule has 0 saturated heterocycles. The normalized spacial score (nSPS) is 13.4. The van der Waals surface area contributed by atoms with Gasteiger partial charge in [-0.25, -0.2) is 4.68 Å². The minimum Gasteiger partial charge on any atom is -0.399 e. The summed E-state index contributed by atoms with van der Waals surface area (Å²) >= 11 is 6.22. The first-order valence-corrected chi connectivity index (χ1v) is 6.98. The number of halogens is 1. The van der Waals surface area contributed by atoms with Crippen LogP contribution in [0.1, 0.15) is 27.7 Å². The third-order valence-electron chi connectivity index (χ3n) is 3.69. The van der Waals surface area contributed by atoms with Crippen LogP contribution in [0, 0.1) is 11.3 Å². The van der Waals surface area contributed by atoms with Crippen molar-refractivity contribution in [3.63, 3.8) is 0 Å². The molecule has 1 aromatic carbocycles. The lowest BCUT2D eigenvalue weighted by Crippen LogP contribution is -2.23. The van der Waals surface area contributed by atoms with Gasteiger partial charge in [0.1, 0.15) is 0 Å². The summed E-state index contributed by atoms with van der Waals surface area (Å²) in [6.45, 7) is 9.53. The van der Waals surface area contributed by atoms with Gasteiger partial charge in [-0.15, -0.1) is 5.10 Å². The molecule has 20 heavy (non-hydrogen) atoms. The topological polar surface area (TPSA) is 69.6 Å². The third kappa shape index (κ3) is 3.10. The lowest BCUT2D eigenvalue weighted by Gasteiger charge is -2.27. The van der Waals surface area contributed by atoms with Crippen LogP contribution in [-0.2, 0) is 6.54 Å². The number of nitrogens with zero attached hydrogens (tertiary/aromatic N) is 4. The van der Waals surface area contributed by atoms with Gasteiger partial charge in [0.15, 0.2) is 5.82 Å². The van der Waals surface area contributed by atoms with E-state index in [4.69, 9.17) is 17.3 Å². The molecule has 0 aliphatic carbocycles. The number of rotatable bonds is 3. The Kier molecular flexibility index (Phi) is 3.99. The van der Waals surface area contributed by atoms with E-state index in [0.717, 1.165) is 12.1 Å². The lowest BCUT2D eigenvalue weighted by molar-refractivity contribution is 0.225. The summed E-state index contributed by atoms with van der Waals surface area (Å²) in [4.78, 5) is 0. The first kappa shape index (κ1) is 14.8. The highest BCUT2D eigenvalue weighted by atomic mass is 35.5. The summed E-state index contributed by atoms with van der Waals surface area (Å²) in [7, 11) is 0. The van der Waals surface area contributed by atoms with Crippen molar-refractivity contribution in [2.75, 3.05) is 5.73 Å².